The second kappa shape index (κ2) is 5.47. The van der Waals surface area contributed by atoms with Crippen molar-refractivity contribution in [3.63, 3.8) is 0 Å². The number of hydrogen-bond acceptors (Lipinski definition) is 4. The fraction of sp³-hybridized carbons (Fsp3) is 0.267. The van der Waals surface area contributed by atoms with Crippen LogP contribution in [0.5, 0.6) is 0 Å². The molecule has 0 saturated heterocycles. The SMILES string of the molecule is CC(C)c1nccn1Cc1nc(-c2ccccc2F)no1. The number of hydrogen-bond donors (Lipinski definition) is 0. The average molecular weight is 286 g/mol. The van der Waals surface area contributed by atoms with Crippen LogP contribution in [0.15, 0.2) is 41.2 Å². The Hall–Kier alpha value is -2.50. The van der Waals surface area contributed by atoms with Crippen molar-refractivity contribution in [2.24, 2.45) is 0 Å². The summed E-state index contributed by atoms with van der Waals surface area (Å²) in [6.45, 7) is 4.56. The maximum atomic E-state index is 13.7. The molecule has 0 radical (unpaired) electrons. The van der Waals surface area contributed by atoms with Gasteiger partial charge in [-0.15, -0.1) is 0 Å². The maximum Gasteiger partial charge on any atom is 0.246 e. The van der Waals surface area contributed by atoms with Gasteiger partial charge < -0.3 is 9.09 Å². The average Bonchev–Trinajstić information content (AvgIpc) is 3.09. The molecule has 6 heteroatoms. The highest BCUT2D eigenvalue weighted by molar-refractivity contribution is 5.54. The van der Waals surface area contributed by atoms with Gasteiger partial charge in [-0.05, 0) is 12.1 Å². The van der Waals surface area contributed by atoms with Crippen LogP contribution in [0, 0.1) is 5.82 Å². The number of nitrogens with zero attached hydrogens (tertiary/aromatic N) is 4. The molecule has 0 amide bonds. The highest BCUT2D eigenvalue weighted by Gasteiger charge is 2.14. The van der Waals surface area contributed by atoms with Crippen molar-refractivity contribution < 1.29 is 8.91 Å². The Balaban J connectivity index is 1.86. The molecule has 3 aromatic rings. The summed E-state index contributed by atoms with van der Waals surface area (Å²) in [5, 5.41) is 3.84. The molecule has 5 nitrogen and oxygen atoms in total. The Morgan fingerprint density at radius 1 is 1.29 bits per heavy atom. The van der Waals surface area contributed by atoms with E-state index in [2.05, 4.69) is 29.0 Å². The van der Waals surface area contributed by atoms with E-state index in [1.807, 2.05) is 10.8 Å². The van der Waals surface area contributed by atoms with Crippen molar-refractivity contribution in [2.45, 2.75) is 26.3 Å². The molecule has 3 rings (SSSR count). The topological polar surface area (TPSA) is 56.7 Å². The van der Waals surface area contributed by atoms with E-state index in [0.29, 0.717) is 23.9 Å². The molecule has 0 bridgehead atoms. The Morgan fingerprint density at radius 2 is 2.10 bits per heavy atom. The summed E-state index contributed by atoms with van der Waals surface area (Å²) < 4.78 is 20.8. The fourth-order valence-corrected chi connectivity index (χ4v) is 2.17. The molecule has 0 aliphatic carbocycles. The maximum absolute atomic E-state index is 13.7. The molecule has 0 N–H and O–H groups in total. The van der Waals surface area contributed by atoms with Gasteiger partial charge in [-0.2, -0.15) is 4.98 Å². The van der Waals surface area contributed by atoms with Crippen molar-refractivity contribution in [3.8, 4) is 11.4 Å². The van der Waals surface area contributed by atoms with Crippen LogP contribution in [0.25, 0.3) is 11.4 Å². The molecule has 0 aliphatic heterocycles. The molecular formula is C15H15FN4O. The van der Waals surface area contributed by atoms with E-state index >= 15 is 0 Å². The summed E-state index contributed by atoms with van der Waals surface area (Å²) in [4.78, 5) is 8.55. The van der Waals surface area contributed by atoms with Crippen LogP contribution in [-0.2, 0) is 6.54 Å². The summed E-state index contributed by atoms with van der Waals surface area (Å²) in [5.74, 6) is 1.56. The molecule has 0 aliphatic rings. The zero-order valence-corrected chi connectivity index (χ0v) is 11.8. The highest BCUT2D eigenvalue weighted by atomic mass is 19.1. The second-order valence-corrected chi connectivity index (χ2v) is 5.06. The van der Waals surface area contributed by atoms with E-state index in [1.165, 1.54) is 6.07 Å². The van der Waals surface area contributed by atoms with Gasteiger partial charge in [0, 0.05) is 18.3 Å². The zero-order chi connectivity index (χ0) is 14.8. The van der Waals surface area contributed by atoms with E-state index in [4.69, 9.17) is 4.52 Å². The van der Waals surface area contributed by atoms with Gasteiger partial charge in [0.2, 0.25) is 11.7 Å². The largest absolute Gasteiger partial charge is 0.337 e. The lowest BCUT2D eigenvalue weighted by Gasteiger charge is -2.07. The van der Waals surface area contributed by atoms with E-state index in [0.717, 1.165) is 5.82 Å². The van der Waals surface area contributed by atoms with Gasteiger partial charge in [0.15, 0.2) is 0 Å². The van der Waals surface area contributed by atoms with E-state index in [-0.39, 0.29) is 11.6 Å². The molecule has 108 valence electrons. The van der Waals surface area contributed by atoms with Gasteiger partial charge in [0.1, 0.15) is 18.2 Å². The molecule has 21 heavy (non-hydrogen) atoms. The molecule has 1 aromatic carbocycles. The first-order chi connectivity index (χ1) is 10.1. The fourth-order valence-electron chi connectivity index (χ4n) is 2.17. The van der Waals surface area contributed by atoms with Crippen LogP contribution in [0.4, 0.5) is 4.39 Å². The number of imidazole rings is 1. The standard InChI is InChI=1S/C15H15FN4O/c1-10(2)15-17-7-8-20(15)9-13-18-14(19-21-13)11-5-3-4-6-12(11)16/h3-8,10H,9H2,1-2H3. The summed E-state index contributed by atoms with van der Waals surface area (Å²) >= 11 is 0. The predicted molar refractivity (Wildman–Crippen MR) is 75.1 cm³/mol. The summed E-state index contributed by atoms with van der Waals surface area (Å²) in [6, 6.07) is 6.36. The van der Waals surface area contributed by atoms with Gasteiger partial charge in [-0.25, -0.2) is 9.37 Å². The van der Waals surface area contributed by atoms with Crippen LogP contribution >= 0.6 is 0 Å². The third kappa shape index (κ3) is 2.69. The lowest BCUT2D eigenvalue weighted by molar-refractivity contribution is 0.369. The zero-order valence-electron chi connectivity index (χ0n) is 11.8. The second-order valence-electron chi connectivity index (χ2n) is 5.06. The van der Waals surface area contributed by atoms with Gasteiger partial charge in [-0.1, -0.05) is 31.1 Å². The van der Waals surface area contributed by atoms with Crippen LogP contribution < -0.4 is 0 Å². The first kappa shape index (κ1) is 13.5. The third-order valence-corrected chi connectivity index (χ3v) is 3.15. The van der Waals surface area contributed by atoms with Gasteiger partial charge in [0.25, 0.3) is 0 Å². The number of benzene rings is 1. The van der Waals surface area contributed by atoms with Gasteiger partial charge in [-0.3, -0.25) is 0 Å². The Morgan fingerprint density at radius 3 is 2.86 bits per heavy atom. The van der Waals surface area contributed by atoms with E-state index in [9.17, 15) is 4.39 Å². The van der Waals surface area contributed by atoms with Crippen molar-refractivity contribution >= 4 is 0 Å². The van der Waals surface area contributed by atoms with Crippen molar-refractivity contribution in [3.05, 3.63) is 54.2 Å². The normalized spacial score (nSPS) is 11.2. The van der Waals surface area contributed by atoms with Crippen molar-refractivity contribution in [2.75, 3.05) is 0 Å². The first-order valence-electron chi connectivity index (χ1n) is 6.73. The first-order valence-corrected chi connectivity index (χ1v) is 6.73. The Kier molecular flexibility index (Phi) is 3.51. The smallest absolute Gasteiger partial charge is 0.246 e. The van der Waals surface area contributed by atoms with Gasteiger partial charge in [0.05, 0.1) is 5.56 Å². The minimum atomic E-state index is -0.365. The molecule has 0 fully saturated rings. The lowest BCUT2D eigenvalue weighted by Crippen LogP contribution is -2.06. The summed E-state index contributed by atoms with van der Waals surface area (Å²) in [5.41, 5.74) is 0.335. The molecule has 2 aromatic heterocycles. The van der Waals surface area contributed by atoms with E-state index < -0.39 is 0 Å². The monoisotopic (exact) mass is 286 g/mol. The Bertz CT molecular complexity index is 747. The summed E-state index contributed by atoms with van der Waals surface area (Å²) in [6.07, 6.45) is 3.60. The minimum Gasteiger partial charge on any atom is -0.337 e. The molecule has 0 saturated carbocycles. The summed E-state index contributed by atoms with van der Waals surface area (Å²) in [7, 11) is 0. The van der Waals surface area contributed by atoms with E-state index in [1.54, 1.807) is 24.4 Å². The Labute approximate surface area is 121 Å². The van der Waals surface area contributed by atoms with Crippen molar-refractivity contribution in [1.82, 2.24) is 19.7 Å². The highest BCUT2D eigenvalue weighted by Crippen LogP contribution is 2.20. The molecular weight excluding hydrogens is 271 g/mol. The third-order valence-electron chi connectivity index (χ3n) is 3.15. The molecule has 0 unspecified atom stereocenters. The number of rotatable bonds is 4. The van der Waals surface area contributed by atoms with Crippen LogP contribution in [0.2, 0.25) is 0 Å². The minimum absolute atomic E-state index is 0.259. The number of halogens is 1. The quantitative estimate of drug-likeness (QED) is 0.738. The molecule has 0 atom stereocenters. The van der Waals surface area contributed by atoms with Crippen LogP contribution in [0.1, 0.15) is 31.5 Å². The van der Waals surface area contributed by atoms with Crippen LogP contribution in [-0.4, -0.2) is 19.7 Å². The lowest BCUT2D eigenvalue weighted by atomic mass is 10.2. The predicted octanol–water partition coefficient (Wildman–Crippen LogP) is 3.24. The molecule has 0 spiro atoms. The number of aromatic nitrogens is 4. The molecule has 2 heterocycles. The van der Waals surface area contributed by atoms with Crippen LogP contribution in [0.3, 0.4) is 0 Å². The van der Waals surface area contributed by atoms with Crippen molar-refractivity contribution in [1.29, 1.82) is 0 Å². The van der Waals surface area contributed by atoms with Gasteiger partial charge >= 0.3 is 0 Å².